The zero-order chi connectivity index (χ0) is 19.8. The molecule has 0 aliphatic carbocycles. The molecular weight excluding hydrogens is 404 g/mol. The maximum atomic E-state index is 13.3. The molecule has 0 spiro atoms. The summed E-state index contributed by atoms with van der Waals surface area (Å²) >= 11 is 2.67. The highest BCUT2D eigenvalue weighted by Crippen LogP contribution is 2.30. The van der Waals surface area contributed by atoms with E-state index in [2.05, 4.69) is 10.3 Å². The fourth-order valence-electron chi connectivity index (χ4n) is 3.08. The summed E-state index contributed by atoms with van der Waals surface area (Å²) in [6.45, 7) is 0.275. The molecule has 3 aromatic rings. The lowest BCUT2D eigenvalue weighted by Crippen LogP contribution is -2.28. The first kappa shape index (κ1) is 18.8. The van der Waals surface area contributed by atoms with Crippen LogP contribution in [0.5, 0.6) is 0 Å². The third-order valence-electron chi connectivity index (χ3n) is 4.54. The average Bonchev–Trinajstić information content (AvgIpc) is 3.25. The number of benzene rings is 2. The summed E-state index contributed by atoms with van der Waals surface area (Å²) in [6.07, 6.45) is 2.07. The van der Waals surface area contributed by atoms with Gasteiger partial charge in [0.15, 0.2) is 16.8 Å². The SMILES string of the molecule is CSc1ccc(N2CC(C(=O)Nc3nc4cc(F)c(F)cc4s3)CC2=O)cc1. The number of thiazole rings is 1. The van der Waals surface area contributed by atoms with Crippen LogP contribution in [0.15, 0.2) is 41.3 Å². The second-order valence-corrected chi connectivity index (χ2v) is 8.26. The summed E-state index contributed by atoms with van der Waals surface area (Å²) in [7, 11) is 0. The van der Waals surface area contributed by atoms with E-state index in [1.54, 1.807) is 16.7 Å². The van der Waals surface area contributed by atoms with Crippen molar-refractivity contribution in [3.63, 3.8) is 0 Å². The van der Waals surface area contributed by atoms with Gasteiger partial charge in [0.2, 0.25) is 11.8 Å². The van der Waals surface area contributed by atoms with Gasteiger partial charge in [-0.15, -0.1) is 11.8 Å². The van der Waals surface area contributed by atoms with Crippen LogP contribution in [-0.2, 0) is 9.59 Å². The quantitative estimate of drug-likeness (QED) is 0.641. The normalized spacial score (nSPS) is 16.8. The van der Waals surface area contributed by atoms with Gasteiger partial charge in [-0.1, -0.05) is 11.3 Å². The maximum absolute atomic E-state index is 13.3. The van der Waals surface area contributed by atoms with E-state index in [0.717, 1.165) is 34.1 Å². The Balaban J connectivity index is 1.47. The van der Waals surface area contributed by atoms with Crippen molar-refractivity contribution in [2.45, 2.75) is 11.3 Å². The van der Waals surface area contributed by atoms with Crippen molar-refractivity contribution in [1.82, 2.24) is 4.98 Å². The zero-order valence-electron chi connectivity index (χ0n) is 14.7. The van der Waals surface area contributed by atoms with Gasteiger partial charge in [0.1, 0.15) is 0 Å². The van der Waals surface area contributed by atoms with Crippen LogP contribution in [0.4, 0.5) is 19.6 Å². The van der Waals surface area contributed by atoms with Crippen molar-refractivity contribution in [1.29, 1.82) is 0 Å². The molecule has 2 amide bonds. The average molecular weight is 419 g/mol. The van der Waals surface area contributed by atoms with E-state index in [1.165, 1.54) is 0 Å². The Labute approximate surface area is 167 Å². The van der Waals surface area contributed by atoms with Gasteiger partial charge in [0.25, 0.3) is 0 Å². The molecule has 2 aromatic carbocycles. The molecule has 1 aliphatic rings. The molecule has 28 heavy (non-hydrogen) atoms. The fourth-order valence-corrected chi connectivity index (χ4v) is 4.36. The molecule has 9 heteroatoms. The van der Waals surface area contributed by atoms with E-state index in [9.17, 15) is 18.4 Å². The van der Waals surface area contributed by atoms with Crippen LogP contribution >= 0.6 is 23.1 Å². The number of hydrogen-bond acceptors (Lipinski definition) is 5. The molecule has 0 saturated carbocycles. The first-order chi connectivity index (χ1) is 13.4. The monoisotopic (exact) mass is 419 g/mol. The lowest BCUT2D eigenvalue weighted by molar-refractivity contribution is -0.122. The molecule has 1 fully saturated rings. The van der Waals surface area contributed by atoms with Crippen LogP contribution in [0.2, 0.25) is 0 Å². The number of nitrogens with one attached hydrogen (secondary N) is 1. The van der Waals surface area contributed by atoms with Gasteiger partial charge in [-0.05, 0) is 36.6 Å². The first-order valence-corrected chi connectivity index (χ1v) is 10.5. The third-order valence-corrected chi connectivity index (χ3v) is 6.22. The lowest BCUT2D eigenvalue weighted by Gasteiger charge is -2.16. The number of nitrogens with zero attached hydrogens (tertiary/aromatic N) is 2. The summed E-state index contributed by atoms with van der Waals surface area (Å²) in [4.78, 5) is 31.7. The van der Waals surface area contributed by atoms with Crippen LogP contribution in [0.25, 0.3) is 10.2 Å². The third kappa shape index (κ3) is 3.59. The molecular formula is C19H15F2N3O2S2. The highest BCUT2D eigenvalue weighted by molar-refractivity contribution is 7.98. The summed E-state index contributed by atoms with van der Waals surface area (Å²) < 4.78 is 27.1. The van der Waals surface area contributed by atoms with Gasteiger partial charge in [-0.25, -0.2) is 13.8 Å². The summed E-state index contributed by atoms with van der Waals surface area (Å²) in [5, 5.41) is 2.91. The molecule has 1 saturated heterocycles. The summed E-state index contributed by atoms with van der Waals surface area (Å²) in [6, 6.07) is 9.63. The minimum absolute atomic E-state index is 0.101. The standard InChI is InChI=1S/C19H15F2N3O2S2/c1-27-12-4-2-11(3-5-12)24-9-10(6-17(24)25)18(26)23-19-22-15-7-13(20)14(21)8-16(15)28-19/h2-5,7-8,10H,6,9H2,1H3,(H,22,23,26). The number of amides is 2. The highest BCUT2D eigenvalue weighted by atomic mass is 32.2. The Bertz CT molecular complexity index is 1030. The van der Waals surface area contributed by atoms with Crippen LogP contribution < -0.4 is 10.2 Å². The van der Waals surface area contributed by atoms with E-state index >= 15 is 0 Å². The molecule has 2 heterocycles. The van der Waals surface area contributed by atoms with E-state index < -0.39 is 17.6 Å². The number of fused-ring (bicyclic) bond motifs is 1. The molecule has 1 N–H and O–H groups in total. The Hall–Kier alpha value is -2.52. The van der Waals surface area contributed by atoms with E-state index in [4.69, 9.17) is 0 Å². The van der Waals surface area contributed by atoms with Gasteiger partial charge >= 0.3 is 0 Å². The van der Waals surface area contributed by atoms with Crippen molar-refractivity contribution in [2.24, 2.45) is 5.92 Å². The lowest BCUT2D eigenvalue weighted by atomic mass is 10.1. The molecule has 0 bridgehead atoms. The largest absolute Gasteiger partial charge is 0.312 e. The first-order valence-electron chi connectivity index (χ1n) is 8.45. The maximum Gasteiger partial charge on any atom is 0.231 e. The van der Waals surface area contributed by atoms with Crippen LogP contribution in [-0.4, -0.2) is 29.6 Å². The molecule has 1 atom stereocenters. The second kappa shape index (κ2) is 7.48. The zero-order valence-corrected chi connectivity index (χ0v) is 16.4. The van der Waals surface area contributed by atoms with Crippen molar-refractivity contribution in [3.05, 3.63) is 48.0 Å². The number of carbonyl (C=O) groups is 2. The minimum atomic E-state index is -0.986. The van der Waals surface area contributed by atoms with E-state index in [-0.39, 0.29) is 35.4 Å². The van der Waals surface area contributed by atoms with Crippen molar-refractivity contribution in [2.75, 3.05) is 23.0 Å². The van der Waals surface area contributed by atoms with Gasteiger partial charge in [-0.2, -0.15) is 0 Å². The summed E-state index contributed by atoms with van der Waals surface area (Å²) in [5.74, 6) is -2.92. The second-order valence-electron chi connectivity index (χ2n) is 6.35. The number of carbonyl (C=O) groups excluding carboxylic acids is 2. The molecule has 4 rings (SSSR count). The van der Waals surface area contributed by atoms with Crippen LogP contribution in [0.3, 0.4) is 0 Å². The van der Waals surface area contributed by atoms with E-state index in [0.29, 0.717) is 4.70 Å². The molecule has 5 nitrogen and oxygen atoms in total. The van der Waals surface area contributed by atoms with Crippen molar-refractivity contribution in [3.8, 4) is 0 Å². The predicted molar refractivity (Wildman–Crippen MR) is 107 cm³/mol. The topological polar surface area (TPSA) is 62.3 Å². The van der Waals surface area contributed by atoms with E-state index in [1.807, 2.05) is 30.5 Å². The highest BCUT2D eigenvalue weighted by Gasteiger charge is 2.35. The Morgan fingerprint density at radius 3 is 2.68 bits per heavy atom. The Morgan fingerprint density at radius 1 is 1.25 bits per heavy atom. The smallest absolute Gasteiger partial charge is 0.231 e. The van der Waals surface area contributed by atoms with Crippen molar-refractivity contribution < 1.29 is 18.4 Å². The number of halogens is 2. The Kier molecular flexibility index (Phi) is 5.03. The van der Waals surface area contributed by atoms with Gasteiger partial charge in [0, 0.05) is 29.6 Å². The number of thioether (sulfide) groups is 1. The predicted octanol–water partition coefficient (Wildman–Crippen LogP) is 4.29. The molecule has 0 radical (unpaired) electrons. The number of aromatic nitrogens is 1. The molecule has 1 aliphatic heterocycles. The fraction of sp³-hybridized carbons (Fsp3) is 0.211. The molecule has 144 valence electrons. The van der Waals surface area contributed by atoms with Gasteiger partial charge in [-0.3, -0.25) is 9.59 Å². The molecule has 1 unspecified atom stereocenters. The number of anilines is 2. The number of rotatable bonds is 4. The van der Waals surface area contributed by atoms with Gasteiger partial charge in [0.05, 0.1) is 16.1 Å². The van der Waals surface area contributed by atoms with Crippen LogP contribution in [0.1, 0.15) is 6.42 Å². The van der Waals surface area contributed by atoms with Gasteiger partial charge < -0.3 is 10.2 Å². The Morgan fingerprint density at radius 2 is 1.96 bits per heavy atom. The summed E-state index contributed by atoms with van der Waals surface area (Å²) in [5.41, 5.74) is 1.03. The van der Waals surface area contributed by atoms with Crippen molar-refractivity contribution >= 4 is 55.9 Å². The number of hydrogen-bond donors (Lipinski definition) is 1. The van der Waals surface area contributed by atoms with Crippen LogP contribution in [0, 0.1) is 17.6 Å². The molecule has 1 aromatic heterocycles. The minimum Gasteiger partial charge on any atom is -0.312 e.